The van der Waals surface area contributed by atoms with Crippen LogP contribution in [0.15, 0.2) is 29.2 Å². The molecular formula is C10H10N2O3S2. The van der Waals surface area contributed by atoms with Crippen LogP contribution in [0.25, 0.3) is 0 Å². The Balaban J connectivity index is 2.41. The number of carbonyl (C=O) groups excluding carboxylic acids is 1. The maximum atomic E-state index is 12.0. The number of carbonyl (C=O) groups is 1. The van der Waals surface area contributed by atoms with Gasteiger partial charge in [0.15, 0.2) is 0 Å². The fourth-order valence-corrected chi connectivity index (χ4v) is 3.32. The second-order valence-electron chi connectivity index (χ2n) is 3.59. The predicted molar refractivity (Wildman–Crippen MR) is 66.1 cm³/mol. The fourth-order valence-electron chi connectivity index (χ4n) is 1.66. The highest BCUT2D eigenvalue weighted by atomic mass is 32.2. The summed E-state index contributed by atoms with van der Waals surface area (Å²) < 4.78 is 24.9. The highest BCUT2D eigenvalue weighted by Crippen LogP contribution is 2.29. The van der Waals surface area contributed by atoms with E-state index < -0.39 is 15.9 Å². The third-order valence-electron chi connectivity index (χ3n) is 2.47. The van der Waals surface area contributed by atoms with E-state index in [0.717, 1.165) is 4.31 Å². The standard InChI is InChI=1S/C10H10N2O3S2/c11-9(16)5-6-12-10(13)7-3-1-2-4-8(7)17(12,14)15/h1-4H,5-6H2,(H2,11,16). The molecule has 1 aromatic carbocycles. The van der Waals surface area contributed by atoms with Gasteiger partial charge in [-0.1, -0.05) is 24.4 Å². The molecule has 1 amide bonds. The van der Waals surface area contributed by atoms with Gasteiger partial charge in [-0.2, -0.15) is 0 Å². The number of amides is 1. The van der Waals surface area contributed by atoms with Gasteiger partial charge in [0.2, 0.25) is 0 Å². The minimum Gasteiger partial charge on any atom is -0.393 e. The van der Waals surface area contributed by atoms with E-state index in [1.165, 1.54) is 12.1 Å². The first-order valence-electron chi connectivity index (χ1n) is 4.89. The van der Waals surface area contributed by atoms with Crippen LogP contribution in [0, 0.1) is 0 Å². The Morgan fingerprint density at radius 3 is 2.59 bits per heavy atom. The number of thiocarbonyl (C=S) groups is 1. The van der Waals surface area contributed by atoms with Crippen LogP contribution in [0.4, 0.5) is 0 Å². The van der Waals surface area contributed by atoms with Gasteiger partial charge < -0.3 is 5.73 Å². The molecule has 1 aromatic rings. The van der Waals surface area contributed by atoms with Crippen molar-refractivity contribution in [2.75, 3.05) is 6.54 Å². The van der Waals surface area contributed by atoms with Crippen molar-refractivity contribution < 1.29 is 13.2 Å². The summed E-state index contributed by atoms with van der Waals surface area (Å²) in [5, 5.41) is 0. The lowest BCUT2D eigenvalue weighted by Gasteiger charge is -2.13. The zero-order valence-corrected chi connectivity index (χ0v) is 10.4. The molecule has 17 heavy (non-hydrogen) atoms. The van der Waals surface area contributed by atoms with Gasteiger partial charge in [0.05, 0.1) is 10.6 Å². The average molecular weight is 270 g/mol. The summed E-state index contributed by atoms with van der Waals surface area (Å²) in [5.41, 5.74) is 5.51. The number of rotatable bonds is 3. The summed E-state index contributed by atoms with van der Waals surface area (Å²) in [6.07, 6.45) is 0.189. The number of sulfonamides is 1. The molecule has 0 radical (unpaired) electrons. The highest BCUT2D eigenvalue weighted by Gasteiger charge is 2.40. The molecule has 0 unspecified atom stereocenters. The van der Waals surface area contributed by atoms with Crippen LogP contribution in [0.1, 0.15) is 16.8 Å². The first-order chi connectivity index (χ1) is 7.94. The Labute approximate surface area is 104 Å². The molecule has 0 aromatic heterocycles. The number of benzene rings is 1. The lowest BCUT2D eigenvalue weighted by Crippen LogP contribution is -2.32. The van der Waals surface area contributed by atoms with Crippen LogP contribution < -0.4 is 5.73 Å². The predicted octanol–water partition coefficient (Wildman–Crippen LogP) is 0.507. The molecule has 1 heterocycles. The zero-order valence-electron chi connectivity index (χ0n) is 8.79. The summed E-state index contributed by atoms with van der Waals surface area (Å²) in [6.45, 7) is -0.00875. The Hall–Kier alpha value is -1.47. The largest absolute Gasteiger partial charge is 0.393 e. The number of nitrogens with two attached hydrogens (primary N) is 1. The fraction of sp³-hybridized carbons (Fsp3) is 0.200. The summed E-state index contributed by atoms with van der Waals surface area (Å²) in [5.74, 6) is -0.517. The normalized spacial score (nSPS) is 16.9. The third-order valence-corrected chi connectivity index (χ3v) is 4.52. The lowest BCUT2D eigenvalue weighted by atomic mass is 10.2. The Morgan fingerprint density at radius 1 is 1.35 bits per heavy atom. The van der Waals surface area contributed by atoms with E-state index in [9.17, 15) is 13.2 Å². The molecule has 0 atom stereocenters. The quantitative estimate of drug-likeness (QED) is 0.809. The minimum absolute atomic E-state index is 0.00875. The molecule has 2 rings (SSSR count). The van der Waals surface area contributed by atoms with Gasteiger partial charge in [-0.3, -0.25) is 4.79 Å². The van der Waals surface area contributed by atoms with Gasteiger partial charge in [0, 0.05) is 13.0 Å². The average Bonchev–Trinajstić information content (AvgIpc) is 2.46. The van der Waals surface area contributed by atoms with E-state index in [1.807, 2.05) is 0 Å². The summed E-state index contributed by atoms with van der Waals surface area (Å²) in [7, 11) is -3.72. The first kappa shape index (κ1) is 12.0. The van der Waals surface area contributed by atoms with Crippen LogP contribution in [-0.2, 0) is 10.0 Å². The monoisotopic (exact) mass is 270 g/mol. The van der Waals surface area contributed by atoms with Crippen molar-refractivity contribution in [1.29, 1.82) is 0 Å². The van der Waals surface area contributed by atoms with Gasteiger partial charge in [0.25, 0.3) is 15.9 Å². The van der Waals surface area contributed by atoms with E-state index in [2.05, 4.69) is 12.2 Å². The molecule has 0 fully saturated rings. The summed E-state index contributed by atoms with van der Waals surface area (Å²) >= 11 is 4.68. The van der Waals surface area contributed by atoms with Gasteiger partial charge in [-0.05, 0) is 12.1 Å². The lowest BCUT2D eigenvalue weighted by molar-refractivity contribution is 0.0873. The van der Waals surface area contributed by atoms with Crippen molar-refractivity contribution in [2.45, 2.75) is 11.3 Å². The summed E-state index contributed by atoms with van der Waals surface area (Å²) in [4.78, 5) is 12.1. The maximum absolute atomic E-state index is 12.0. The Morgan fingerprint density at radius 2 is 2.00 bits per heavy atom. The van der Waals surface area contributed by atoms with E-state index in [4.69, 9.17) is 5.73 Å². The van der Waals surface area contributed by atoms with Crippen molar-refractivity contribution >= 4 is 33.1 Å². The Bertz CT molecular complexity index is 595. The number of nitrogens with zero attached hydrogens (tertiary/aromatic N) is 1. The Kier molecular flexibility index (Phi) is 2.88. The van der Waals surface area contributed by atoms with Crippen LogP contribution in [0.2, 0.25) is 0 Å². The topological polar surface area (TPSA) is 80.5 Å². The first-order valence-corrected chi connectivity index (χ1v) is 6.74. The van der Waals surface area contributed by atoms with Crippen molar-refractivity contribution in [3.8, 4) is 0 Å². The second-order valence-corrected chi connectivity index (χ2v) is 5.95. The molecule has 1 aliphatic heterocycles. The van der Waals surface area contributed by atoms with Crippen molar-refractivity contribution in [3.05, 3.63) is 29.8 Å². The molecule has 90 valence electrons. The molecule has 2 N–H and O–H groups in total. The van der Waals surface area contributed by atoms with Crippen LogP contribution in [0.3, 0.4) is 0 Å². The van der Waals surface area contributed by atoms with Gasteiger partial charge in [-0.25, -0.2) is 12.7 Å². The molecule has 1 aliphatic rings. The number of hydrogen-bond donors (Lipinski definition) is 1. The SMILES string of the molecule is NC(=S)CCN1C(=O)c2ccccc2S1(=O)=O. The zero-order chi connectivity index (χ0) is 12.6. The number of hydrogen-bond acceptors (Lipinski definition) is 4. The van der Waals surface area contributed by atoms with Gasteiger partial charge in [-0.15, -0.1) is 0 Å². The van der Waals surface area contributed by atoms with E-state index >= 15 is 0 Å². The maximum Gasteiger partial charge on any atom is 0.269 e. The molecular weight excluding hydrogens is 260 g/mol. The van der Waals surface area contributed by atoms with E-state index in [-0.39, 0.29) is 28.4 Å². The highest BCUT2D eigenvalue weighted by molar-refractivity contribution is 7.90. The van der Waals surface area contributed by atoms with E-state index in [0.29, 0.717) is 0 Å². The molecule has 5 nitrogen and oxygen atoms in total. The molecule has 0 bridgehead atoms. The third kappa shape index (κ3) is 1.91. The van der Waals surface area contributed by atoms with Crippen LogP contribution >= 0.6 is 12.2 Å². The van der Waals surface area contributed by atoms with Crippen molar-refractivity contribution in [1.82, 2.24) is 4.31 Å². The van der Waals surface area contributed by atoms with Gasteiger partial charge in [0.1, 0.15) is 4.90 Å². The minimum atomic E-state index is -3.72. The molecule has 0 saturated heterocycles. The molecule has 0 spiro atoms. The number of fused-ring (bicyclic) bond motifs is 1. The molecule has 7 heteroatoms. The molecule has 0 saturated carbocycles. The van der Waals surface area contributed by atoms with E-state index in [1.54, 1.807) is 12.1 Å². The van der Waals surface area contributed by atoms with Crippen LogP contribution in [0.5, 0.6) is 0 Å². The molecule has 0 aliphatic carbocycles. The smallest absolute Gasteiger partial charge is 0.269 e. The van der Waals surface area contributed by atoms with Gasteiger partial charge >= 0.3 is 0 Å². The van der Waals surface area contributed by atoms with Crippen molar-refractivity contribution in [3.63, 3.8) is 0 Å². The van der Waals surface area contributed by atoms with Crippen LogP contribution in [-0.4, -0.2) is 30.2 Å². The van der Waals surface area contributed by atoms with Crippen molar-refractivity contribution in [2.24, 2.45) is 5.73 Å². The summed E-state index contributed by atoms with van der Waals surface area (Å²) in [6, 6.07) is 6.13. The second kappa shape index (κ2) is 4.08.